The van der Waals surface area contributed by atoms with Crippen LogP contribution in [0.25, 0.3) is 10.2 Å². The predicted molar refractivity (Wildman–Crippen MR) is 125 cm³/mol. The van der Waals surface area contributed by atoms with Crippen LogP contribution in [0.2, 0.25) is 0 Å². The Morgan fingerprint density at radius 3 is 2.74 bits per heavy atom. The average molecular weight is 510 g/mol. The van der Waals surface area contributed by atoms with Crippen molar-refractivity contribution in [1.29, 1.82) is 0 Å². The lowest BCUT2D eigenvalue weighted by Crippen LogP contribution is -2.49. The monoisotopic (exact) mass is 509 g/mol. The van der Waals surface area contributed by atoms with Crippen LogP contribution in [0.5, 0.6) is 5.75 Å². The zero-order valence-electron chi connectivity index (χ0n) is 18.5. The third-order valence-electron chi connectivity index (χ3n) is 5.56. The molecule has 0 radical (unpaired) electrons. The van der Waals surface area contributed by atoms with E-state index in [1.807, 2.05) is 0 Å². The number of ether oxygens (including phenoxy) is 1. The molecule has 1 unspecified atom stereocenters. The average Bonchev–Trinajstić information content (AvgIpc) is 3.12. The Morgan fingerprint density at radius 1 is 1.29 bits per heavy atom. The first-order chi connectivity index (χ1) is 16.5. The maximum absolute atomic E-state index is 13.0. The largest absolute Gasteiger partial charge is 0.573 e. The van der Waals surface area contributed by atoms with E-state index in [0.717, 1.165) is 11.3 Å². The van der Waals surface area contributed by atoms with Gasteiger partial charge in [-0.1, -0.05) is 0 Å². The highest BCUT2D eigenvalue weighted by Gasteiger charge is 2.31. The minimum atomic E-state index is -4.79. The number of rotatable bonds is 5. The van der Waals surface area contributed by atoms with Gasteiger partial charge in [0.05, 0.1) is 16.8 Å². The van der Waals surface area contributed by atoms with Crippen LogP contribution in [0, 0.1) is 6.92 Å². The molecule has 0 aliphatic carbocycles. The molecule has 4 rings (SSSR count). The number of nitrogen functional groups attached to an aromatic ring is 1. The number of likely N-dealkylation sites (tertiary alicyclic amines) is 1. The van der Waals surface area contributed by atoms with Crippen LogP contribution in [-0.2, 0) is 0 Å². The van der Waals surface area contributed by atoms with Crippen molar-refractivity contribution in [3.8, 4) is 5.75 Å². The molecule has 13 heteroatoms. The number of pyridine rings is 1. The number of fused-ring (bicyclic) bond motifs is 1. The zero-order valence-corrected chi connectivity index (χ0v) is 19.3. The molecule has 1 fully saturated rings. The second kappa shape index (κ2) is 9.49. The first-order valence-electron chi connectivity index (χ1n) is 10.6. The van der Waals surface area contributed by atoms with Gasteiger partial charge >= 0.3 is 12.5 Å². The minimum Gasteiger partial charge on any atom is -0.465 e. The molecule has 3 aromatic rings. The Bertz CT molecular complexity index is 1280. The number of hydrogen-bond acceptors (Lipinski definition) is 7. The molecule has 0 bridgehead atoms. The number of aryl methyl sites for hydroxylation is 1. The third-order valence-corrected chi connectivity index (χ3v) is 6.68. The van der Waals surface area contributed by atoms with Gasteiger partial charge in [0.25, 0.3) is 5.91 Å². The van der Waals surface area contributed by atoms with Crippen molar-refractivity contribution in [2.45, 2.75) is 32.2 Å². The number of carbonyl (C=O) groups excluding carboxylic acids is 1. The number of nitrogens with two attached hydrogens (primary N) is 1. The van der Waals surface area contributed by atoms with Crippen molar-refractivity contribution in [2.24, 2.45) is 0 Å². The maximum atomic E-state index is 13.0. The van der Waals surface area contributed by atoms with Crippen LogP contribution >= 0.6 is 11.3 Å². The van der Waals surface area contributed by atoms with Crippen molar-refractivity contribution in [2.75, 3.05) is 24.1 Å². The smallest absolute Gasteiger partial charge is 0.465 e. The topological polar surface area (TPSA) is 130 Å². The van der Waals surface area contributed by atoms with E-state index in [0.29, 0.717) is 46.5 Å². The molecule has 186 valence electrons. The molecular formula is C22H22F3N5O4S. The fraction of sp³-hybridized carbons (Fsp3) is 0.318. The summed E-state index contributed by atoms with van der Waals surface area (Å²) in [6.07, 6.45) is -2.99. The number of carbonyl (C=O) groups is 2. The molecule has 0 saturated carbocycles. The molecule has 1 aliphatic rings. The highest BCUT2D eigenvalue weighted by atomic mass is 32.1. The number of halogens is 3. The molecule has 1 aliphatic heterocycles. The maximum Gasteiger partial charge on any atom is 0.573 e. The molecule has 9 nitrogen and oxygen atoms in total. The summed E-state index contributed by atoms with van der Waals surface area (Å²) in [4.78, 5) is 30.5. The highest BCUT2D eigenvalue weighted by molar-refractivity contribution is 7.21. The van der Waals surface area contributed by atoms with E-state index in [1.54, 1.807) is 13.0 Å². The number of alkyl halides is 3. The number of carboxylic acid groups (broad SMARTS) is 1. The van der Waals surface area contributed by atoms with Crippen LogP contribution in [0.1, 0.15) is 28.1 Å². The van der Waals surface area contributed by atoms with Crippen LogP contribution < -0.4 is 21.1 Å². The number of piperidine rings is 1. The van der Waals surface area contributed by atoms with Gasteiger partial charge in [-0.2, -0.15) is 0 Å². The molecular weight excluding hydrogens is 487 g/mol. The first kappa shape index (κ1) is 24.4. The highest BCUT2D eigenvalue weighted by Crippen LogP contribution is 2.39. The lowest BCUT2D eigenvalue weighted by Gasteiger charge is -2.31. The second-order valence-corrected chi connectivity index (χ2v) is 9.07. The van der Waals surface area contributed by atoms with Gasteiger partial charge in [-0.3, -0.25) is 4.79 Å². The Balaban J connectivity index is 1.56. The molecule has 3 heterocycles. The summed E-state index contributed by atoms with van der Waals surface area (Å²) in [5.74, 6) is -0.753. The Hall–Kier alpha value is -3.74. The van der Waals surface area contributed by atoms with Crippen LogP contribution in [-0.4, -0.2) is 52.5 Å². The first-order valence-corrected chi connectivity index (χ1v) is 11.4. The second-order valence-electron chi connectivity index (χ2n) is 8.07. The van der Waals surface area contributed by atoms with Gasteiger partial charge in [0.2, 0.25) is 0 Å². The van der Waals surface area contributed by atoms with Crippen LogP contribution in [0.15, 0.2) is 30.5 Å². The van der Waals surface area contributed by atoms with Gasteiger partial charge < -0.3 is 31.1 Å². The summed E-state index contributed by atoms with van der Waals surface area (Å²) >= 11 is 1.10. The summed E-state index contributed by atoms with van der Waals surface area (Å²) in [5, 5.41) is 15.7. The van der Waals surface area contributed by atoms with Gasteiger partial charge in [0.15, 0.2) is 0 Å². The summed E-state index contributed by atoms with van der Waals surface area (Å²) in [7, 11) is 0. The molecule has 1 saturated heterocycles. The number of nitrogens with one attached hydrogen (secondary N) is 2. The van der Waals surface area contributed by atoms with Gasteiger partial charge in [-0.25, -0.2) is 9.78 Å². The predicted octanol–water partition coefficient (Wildman–Crippen LogP) is 4.70. The molecule has 35 heavy (non-hydrogen) atoms. The number of anilines is 3. The van der Waals surface area contributed by atoms with Crippen molar-refractivity contribution < 1.29 is 32.6 Å². The van der Waals surface area contributed by atoms with Crippen molar-refractivity contribution in [3.05, 3.63) is 40.9 Å². The number of aromatic nitrogens is 1. The molecule has 1 aromatic carbocycles. The molecule has 0 spiro atoms. The Labute approximate surface area is 201 Å². The normalized spacial score (nSPS) is 16.2. The number of nitrogens with zero attached hydrogens (tertiary/aromatic N) is 2. The summed E-state index contributed by atoms with van der Waals surface area (Å²) < 4.78 is 41.4. The van der Waals surface area contributed by atoms with E-state index in [1.165, 1.54) is 29.3 Å². The van der Waals surface area contributed by atoms with Gasteiger partial charge in [-0.15, -0.1) is 24.5 Å². The van der Waals surface area contributed by atoms with Crippen molar-refractivity contribution in [1.82, 2.24) is 15.2 Å². The fourth-order valence-electron chi connectivity index (χ4n) is 3.96. The molecule has 1 atom stereocenters. The lowest BCUT2D eigenvalue weighted by atomic mass is 10.1. The Morgan fingerprint density at radius 2 is 2.06 bits per heavy atom. The van der Waals surface area contributed by atoms with Crippen molar-refractivity contribution >= 4 is 50.6 Å². The van der Waals surface area contributed by atoms with Gasteiger partial charge in [0.1, 0.15) is 15.5 Å². The molecule has 2 amide bonds. The minimum absolute atomic E-state index is 0.199. The van der Waals surface area contributed by atoms with E-state index >= 15 is 0 Å². The number of hydrogen-bond donors (Lipinski definition) is 4. The summed E-state index contributed by atoms with van der Waals surface area (Å²) in [5.41, 5.74) is 8.10. The SMILES string of the molecule is Cc1cc(OC(F)(F)F)ccc1Nc1ccnc2sc(C(=O)NC3CCCN(C(=O)O)C3)c(N)c12. The van der Waals surface area contributed by atoms with Crippen molar-refractivity contribution in [3.63, 3.8) is 0 Å². The Kier molecular flexibility index (Phi) is 6.61. The zero-order chi connectivity index (χ0) is 25.3. The standard InChI is InChI=1S/C22H22F3N5O4S/c1-11-9-13(34-22(23,24)25)4-5-14(11)29-15-6-7-27-20-16(15)17(26)18(35-20)19(31)28-12-3-2-8-30(10-12)21(32)33/h4-7,9,12H,2-3,8,10,26H2,1H3,(H,27,29)(H,28,31)(H,32,33). The lowest BCUT2D eigenvalue weighted by molar-refractivity contribution is -0.274. The van der Waals surface area contributed by atoms with Gasteiger partial charge in [-0.05, 0) is 49.6 Å². The van der Waals surface area contributed by atoms with E-state index in [9.17, 15) is 27.9 Å². The summed E-state index contributed by atoms with van der Waals surface area (Å²) in [6.45, 7) is 2.25. The number of amides is 2. The van der Waals surface area contributed by atoms with E-state index in [-0.39, 0.29) is 28.9 Å². The number of thiophene rings is 1. The fourth-order valence-corrected chi connectivity index (χ4v) is 4.95. The number of benzene rings is 1. The quantitative estimate of drug-likeness (QED) is 0.392. The van der Waals surface area contributed by atoms with E-state index in [4.69, 9.17) is 5.73 Å². The van der Waals surface area contributed by atoms with Crippen LogP contribution in [0.4, 0.5) is 35.0 Å². The van der Waals surface area contributed by atoms with E-state index < -0.39 is 18.4 Å². The van der Waals surface area contributed by atoms with Gasteiger partial charge in [0, 0.05) is 31.0 Å². The summed E-state index contributed by atoms with van der Waals surface area (Å²) in [6, 6.07) is 5.23. The molecule has 5 N–H and O–H groups in total. The van der Waals surface area contributed by atoms with E-state index in [2.05, 4.69) is 20.4 Å². The molecule has 2 aromatic heterocycles. The third kappa shape index (κ3) is 5.50. The van der Waals surface area contributed by atoms with Crippen LogP contribution in [0.3, 0.4) is 0 Å².